The summed E-state index contributed by atoms with van der Waals surface area (Å²) in [5.74, 6) is 4.39. The SMILES string of the molecule is COc1cc2c(cc1OC)[C@@]13CC[N+]4([C@@H]5CC[C@@H]6[C@H]([N+]78CC[C@@]9%10c%11cc(OC)c(OC)cc%11N%11C(=O)C[C@@H]%12OCC=C(C7)[C@H](C[C@@H]98)[C@@H]%12[C@H]%11%10)CC[C@H]5S6=O)CC5=CCO[C@H]6CC(=O)N2[C@H]1[C@H]6[C@H]5C[C@@H]34.[Cl-].[Cl-]. The zero-order valence-corrected chi connectivity index (χ0v) is 42.8. The molecule has 8 saturated heterocycles. The lowest BCUT2D eigenvalue weighted by atomic mass is 9.52. The van der Waals surface area contributed by atoms with Crippen LogP contribution in [0.25, 0.3) is 0 Å². The number of ether oxygens (including phenoxy) is 6. The smallest absolute Gasteiger partial charge is 0.229 e. The van der Waals surface area contributed by atoms with Crippen molar-refractivity contribution in [2.24, 2.45) is 23.7 Å². The van der Waals surface area contributed by atoms with Gasteiger partial charge in [0, 0.05) is 73.3 Å². The summed E-state index contributed by atoms with van der Waals surface area (Å²) < 4.78 is 55.3. The number of amides is 2. The molecule has 2 aromatic carbocycles. The third kappa shape index (κ3) is 4.92. The molecule has 6 bridgehead atoms. The highest BCUT2D eigenvalue weighted by Crippen LogP contribution is 2.72. The second-order valence-electron chi connectivity index (χ2n) is 23.7. The minimum atomic E-state index is -1.01. The summed E-state index contributed by atoms with van der Waals surface area (Å²) in [6, 6.07) is 9.92. The molecular weight excluding hydrogens is 952 g/mol. The molecule has 2 aliphatic carbocycles. The van der Waals surface area contributed by atoms with E-state index in [4.69, 9.17) is 28.4 Å². The van der Waals surface area contributed by atoms with Gasteiger partial charge in [-0.2, -0.15) is 0 Å². The highest BCUT2D eigenvalue weighted by molar-refractivity contribution is 7.86. The molecule has 2 saturated carbocycles. The van der Waals surface area contributed by atoms with E-state index < -0.39 is 10.8 Å². The second kappa shape index (κ2) is 14.9. The highest BCUT2D eigenvalue weighted by Gasteiger charge is 2.81. The number of anilines is 2. The normalized spacial score (nSPS) is 47.1. The molecule has 16 heteroatoms. The molecular formula is C54H64Cl2N4O9S. The predicted octanol–water partition coefficient (Wildman–Crippen LogP) is -0.919. The quantitative estimate of drug-likeness (QED) is 0.268. The number of hydrogen-bond donors (Lipinski definition) is 0. The lowest BCUT2D eigenvalue weighted by Crippen LogP contribution is -3.00. The van der Waals surface area contributed by atoms with Gasteiger partial charge in [-0.1, -0.05) is 12.2 Å². The summed E-state index contributed by atoms with van der Waals surface area (Å²) in [4.78, 5) is 33.5. The van der Waals surface area contributed by atoms with Gasteiger partial charge in [-0.15, -0.1) is 0 Å². The first-order valence-electron chi connectivity index (χ1n) is 26.1. The minimum Gasteiger partial charge on any atom is -1.00 e. The van der Waals surface area contributed by atoms with Gasteiger partial charge in [0.2, 0.25) is 11.8 Å². The van der Waals surface area contributed by atoms with Crippen LogP contribution in [-0.4, -0.2) is 152 Å². The van der Waals surface area contributed by atoms with Gasteiger partial charge in [-0.05, 0) is 59.1 Å². The molecule has 374 valence electrons. The average Bonchev–Trinajstić information content (AvgIpc) is 3.99. The maximum atomic E-state index is 16.0. The van der Waals surface area contributed by atoms with Gasteiger partial charge in [-0.25, -0.2) is 0 Å². The van der Waals surface area contributed by atoms with E-state index in [-0.39, 0.29) is 94.1 Å². The molecule has 2 unspecified atom stereocenters. The Morgan fingerprint density at radius 3 is 1.44 bits per heavy atom. The Kier molecular flexibility index (Phi) is 9.64. The van der Waals surface area contributed by atoms with Gasteiger partial charge in [0.1, 0.15) is 37.3 Å². The number of methoxy groups -OCH3 is 4. The molecule has 13 nitrogen and oxygen atoms in total. The van der Waals surface area contributed by atoms with Crippen molar-refractivity contribution >= 4 is 34.0 Å². The maximum Gasteiger partial charge on any atom is 0.229 e. The molecule has 12 aliphatic heterocycles. The Hall–Kier alpha value is -3.37. The summed E-state index contributed by atoms with van der Waals surface area (Å²) in [6.45, 7) is 5.23. The third-order valence-corrected chi connectivity index (χ3v) is 25.0. The Balaban J connectivity index is 0.00000230. The van der Waals surface area contributed by atoms with Crippen molar-refractivity contribution in [1.29, 1.82) is 0 Å². The first-order valence-corrected chi connectivity index (χ1v) is 27.3. The van der Waals surface area contributed by atoms with Gasteiger partial charge in [0.25, 0.3) is 0 Å². The van der Waals surface area contributed by atoms with Crippen LogP contribution in [-0.2, 0) is 40.7 Å². The molecule has 10 fully saturated rings. The topological polar surface area (TPSA) is 113 Å². The second-order valence-corrected chi connectivity index (χ2v) is 25.6. The van der Waals surface area contributed by atoms with Crippen molar-refractivity contribution in [2.75, 3.05) is 77.6 Å². The van der Waals surface area contributed by atoms with Gasteiger partial charge in [0.15, 0.2) is 23.0 Å². The van der Waals surface area contributed by atoms with Crippen LogP contribution in [0.1, 0.15) is 75.3 Å². The molecule has 14 aliphatic rings. The lowest BCUT2D eigenvalue weighted by molar-refractivity contribution is -0.970. The Bertz CT molecular complexity index is 2590. The van der Waals surface area contributed by atoms with Crippen molar-refractivity contribution in [1.82, 2.24) is 0 Å². The zero-order chi connectivity index (χ0) is 45.5. The van der Waals surface area contributed by atoms with Crippen LogP contribution >= 0.6 is 0 Å². The van der Waals surface area contributed by atoms with Crippen LogP contribution in [0.3, 0.4) is 0 Å². The van der Waals surface area contributed by atoms with Crippen LogP contribution in [0.15, 0.2) is 47.6 Å². The number of quaternary nitrogens is 2. The fraction of sp³-hybridized carbons (Fsp3) is 0.667. The molecule has 0 radical (unpaired) electrons. The monoisotopic (exact) mass is 1010 g/mol. The van der Waals surface area contributed by atoms with Crippen LogP contribution in [0, 0.1) is 23.7 Å². The fourth-order valence-corrected chi connectivity index (χ4v) is 23.4. The van der Waals surface area contributed by atoms with Crippen molar-refractivity contribution in [3.8, 4) is 23.0 Å². The van der Waals surface area contributed by atoms with E-state index in [1.165, 1.54) is 22.3 Å². The third-order valence-electron chi connectivity index (χ3n) is 22.7. The largest absolute Gasteiger partial charge is 1.00 e. The molecule has 0 aromatic heterocycles. The number of rotatable bonds is 6. The first kappa shape index (κ1) is 45.3. The maximum absolute atomic E-state index is 16.0. The number of halogens is 2. The number of benzene rings is 2. The molecule has 16 rings (SSSR count). The molecule has 12 heterocycles. The van der Waals surface area contributed by atoms with Gasteiger partial charge >= 0.3 is 0 Å². The fourth-order valence-electron chi connectivity index (χ4n) is 20.9. The minimum absolute atomic E-state index is 0. The van der Waals surface area contributed by atoms with Crippen molar-refractivity contribution < 1.29 is 76.0 Å². The van der Waals surface area contributed by atoms with E-state index in [1.54, 1.807) is 28.4 Å². The summed E-state index contributed by atoms with van der Waals surface area (Å²) in [5, 5.41) is 0.259. The van der Waals surface area contributed by atoms with E-state index in [0.717, 1.165) is 109 Å². The summed E-state index contributed by atoms with van der Waals surface area (Å²) >= 11 is 0. The zero-order valence-electron chi connectivity index (χ0n) is 40.5. The molecule has 2 aromatic rings. The molecule has 2 spiro atoms. The van der Waals surface area contributed by atoms with E-state index in [2.05, 4.69) is 46.2 Å². The van der Waals surface area contributed by atoms with Crippen LogP contribution < -0.4 is 53.6 Å². The number of nitrogens with zero attached hydrogens (tertiary/aromatic N) is 4. The van der Waals surface area contributed by atoms with Gasteiger partial charge < -0.3 is 72.0 Å². The first-order chi connectivity index (χ1) is 33.1. The molecule has 18 atom stereocenters. The number of piperidine rings is 4. The Morgan fingerprint density at radius 2 is 1.03 bits per heavy atom. The van der Waals surface area contributed by atoms with Crippen LogP contribution in [0.4, 0.5) is 11.4 Å². The van der Waals surface area contributed by atoms with Crippen LogP contribution in [0.2, 0.25) is 0 Å². The number of carbonyl (C=O) groups excluding carboxylic acids is 2. The summed E-state index contributed by atoms with van der Waals surface area (Å²) in [7, 11) is 5.82. The summed E-state index contributed by atoms with van der Waals surface area (Å²) in [6.07, 6.45) is 13.8. The van der Waals surface area contributed by atoms with Gasteiger partial charge in [0.05, 0.1) is 125 Å². The number of carbonyl (C=O) groups is 2. The average molecular weight is 1020 g/mol. The number of hydrogen-bond acceptors (Lipinski definition) is 9. The molecule has 0 N–H and O–H groups in total. The van der Waals surface area contributed by atoms with Crippen molar-refractivity contribution in [2.45, 2.75) is 134 Å². The van der Waals surface area contributed by atoms with E-state index in [1.807, 2.05) is 0 Å². The lowest BCUT2D eigenvalue weighted by Gasteiger charge is -2.65. The Morgan fingerprint density at radius 1 is 0.614 bits per heavy atom. The van der Waals surface area contributed by atoms with Gasteiger partial charge in [-0.3, -0.25) is 13.8 Å². The van der Waals surface area contributed by atoms with E-state index in [9.17, 15) is 9.59 Å². The Labute approximate surface area is 424 Å². The van der Waals surface area contributed by atoms with Crippen molar-refractivity contribution in [3.05, 3.63) is 58.7 Å². The van der Waals surface area contributed by atoms with E-state index >= 15 is 4.21 Å². The van der Waals surface area contributed by atoms with Crippen LogP contribution in [0.5, 0.6) is 23.0 Å². The van der Waals surface area contributed by atoms with E-state index in [0.29, 0.717) is 73.6 Å². The summed E-state index contributed by atoms with van der Waals surface area (Å²) in [5.41, 5.74) is 7.14. The predicted molar refractivity (Wildman–Crippen MR) is 252 cm³/mol. The molecule has 70 heavy (non-hydrogen) atoms. The number of fused-ring (bicyclic) bond motifs is 6. The standard InChI is InChI=1S/C54H64N4O9S.2ClH/c1-62-37-19-31-33(21-39(37)64-3)55-47(59)23-41-49-29-17-45-53(31,51(49)55)11-13-57(45,25-27(29)9-15-66-41)35-5-7-44-36(6-8-43(35)68(44)61)58-14-12-54-32-20-38(63-2)40(65-4)22-34(32)56-48(60)24-42-50(52(54)56)30(18-46(54)58)28(26-58)10-16-67-42;;/h9-10,19-22,29-30,35-36,41-46,49-52H,5-8,11-18,23-26H2,1-4H3;2*1H/q+2;;/p-2/t29-,30-,35+,36+,41-,42-,43+,44+,45-,46-,49-,50-,51-,52-,53+,54+,57?,58?,68?;;/m0../s1. The van der Waals surface area contributed by atoms with Crippen molar-refractivity contribution in [3.63, 3.8) is 0 Å². The molecule has 2 amide bonds. The highest BCUT2D eigenvalue weighted by atomic mass is 35.5.